The van der Waals surface area contributed by atoms with Gasteiger partial charge in [-0.05, 0) is 48.4 Å². The Balaban J connectivity index is 1.85. The van der Waals surface area contributed by atoms with Crippen LogP contribution in [0.5, 0.6) is 0 Å². The summed E-state index contributed by atoms with van der Waals surface area (Å²) in [5, 5.41) is 1.17. The van der Waals surface area contributed by atoms with Gasteiger partial charge in [-0.3, -0.25) is 9.69 Å². The predicted octanol–water partition coefficient (Wildman–Crippen LogP) is 5.54. The molecule has 3 heterocycles. The standard InChI is InChI=1S/C26H31IN2O2/c1-5-18-11-20-13-26(27,25(30)31-4)24-22(16-29(14-18)15-20)21-12-19(8-6-7-17(2)3)9-10-23(21)28-24/h9-12,17,20,28H,5,7,13-16H2,1-4H3/t20-,26+/m1/s1. The van der Waals surface area contributed by atoms with Crippen LogP contribution in [0.2, 0.25) is 0 Å². The lowest BCUT2D eigenvalue weighted by molar-refractivity contribution is -0.143. The molecule has 0 radical (unpaired) electrons. The van der Waals surface area contributed by atoms with Crippen molar-refractivity contribution in [3.8, 4) is 11.8 Å². The second kappa shape index (κ2) is 8.99. The van der Waals surface area contributed by atoms with Crippen LogP contribution in [-0.4, -0.2) is 36.1 Å². The average Bonchev–Trinajstić information content (AvgIpc) is 3.10. The molecule has 0 fully saturated rings. The van der Waals surface area contributed by atoms with Crippen LogP contribution in [0.25, 0.3) is 10.9 Å². The minimum Gasteiger partial charge on any atom is -0.468 e. The van der Waals surface area contributed by atoms with E-state index in [0.29, 0.717) is 11.8 Å². The molecule has 1 aromatic heterocycles. The molecule has 2 aliphatic rings. The largest absolute Gasteiger partial charge is 0.468 e. The summed E-state index contributed by atoms with van der Waals surface area (Å²) in [5.41, 5.74) is 5.75. The average molecular weight is 530 g/mol. The number of benzene rings is 1. The number of rotatable bonds is 3. The molecule has 5 heteroatoms. The third kappa shape index (κ3) is 4.42. The summed E-state index contributed by atoms with van der Waals surface area (Å²) >= 11 is 2.33. The number of ether oxygens (including phenoxy) is 1. The first kappa shape index (κ1) is 22.4. The highest BCUT2D eigenvalue weighted by atomic mass is 127. The smallest absolute Gasteiger partial charge is 0.327 e. The Bertz CT molecular complexity index is 1090. The van der Waals surface area contributed by atoms with E-state index in [1.54, 1.807) is 0 Å². The Morgan fingerprint density at radius 3 is 2.90 bits per heavy atom. The van der Waals surface area contributed by atoms with Gasteiger partial charge >= 0.3 is 5.97 Å². The van der Waals surface area contributed by atoms with Gasteiger partial charge in [-0.25, -0.2) is 0 Å². The van der Waals surface area contributed by atoms with Crippen molar-refractivity contribution in [2.75, 3.05) is 20.2 Å². The third-order valence-electron chi connectivity index (χ3n) is 6.32. The molecular formula is C26H31IN2O2. The third-order valence-corrected chi connectivity index (χ3v) is 7.74. The molecule has 0 aliphatic carbocycles. The van der Waals surface area contributed by atoms with Gasteiger partial charge in [0.05, 0.1) is 7.11 Å². The van der Waals surface area contributed by atoms with Crippen LogP contribution in [-0.2, 0) is 19.5 Å². The Kier molecular flexibility index (Phi) is 6.50. The zero-order valence-electron chi connectivity index (χ0n) is 18.8. The number of methoxy groups -OCH3 is 1. The van der Waals surface area contributed by atoms with Crippen molar-refractivity contribution in [3.63, 3.8) is 0 Å². The molecule has 3 atom stereocenters. The highest BCUT2D eigenvalue weighted by Gasteiger charge is 2.46. The lowest BCUT2D eigenvalue weighted by Gasteiger charge is -2.39. The summed E-state index contributed by atoms with van der Waals surface area (Å²) in [7, 11) is 1.49. The number of aromatic amines is 1. The monoisotopic (exact) mass is 530 g/mol. The SMILES string of the molecule is CCC1=C[C@H]2CN(C1)Cc1c([nH]c3ccc(C#CCC(C)C)cc13)[C@](I)(C(=O)OC)C2. The minimum absolute atomic E-state index is 0.177. The predicted molar refractivity (Wildman–Crippen MR) is 134 cm³/mol. The van der Waals surface area contributed by atoms with Crippen LogP contribution in [0.4, 0.5) is 0 Å². The van der Waals surface area contributed by atoms with Crippen molar-refractivity contribution in [1.29, 1.82) is 0 Å². The van der Waals surface area contributed by atoms with Gasteiger partial charge in [-0.1, -0.05) is 66.9 Å². The van der Waals surface area contributed by atoms with E-state index < -0.39 is 3.42 Å². The number of halogens is 1. The van der Waals surface area contributed by atoms with Crippen molar-refractivity contribution in [1.82, 2.24) is 9.88 Å². The van der Waals surface area contributed by atoms with Gasteiger partial charge in [0, 0.05) is 48.2 Å². The van der Waals surface area contributed by atoms with Crippen LogP contribution < -0.4 is 0 Å². The first-order valence-electron chi connectivity index (χ1n) is 11.2. The van der Waals surface area contributed by atoms with E-state index in [4.69, 9.17) is 4.74 Å². The van der Waals surface area contributed by atoms with Crippen molar-refractivity contribution < 1.29 is 9.53 Å². The van der Waals surface area contributed by atoms with Crippen LogP contribution in [0.1, 0.15) is 56.9 Å². The highest BCUT2D eigenvalue weighted by Crippen LogP contribution is 2.46. The summed E-state index contributed by atoms with van der Waals surface area (Å²) in [6, 6.07) is 6.36. The number of H-pyrrole nitrogens is 1. The van der Waals surface area contributed by atoms with E-state index in [-0.39, 0.29) is 5.97 Å². The summed E-state index contributed by atoms with van der Waals surface area (Å²) in [6.45, 7) is 9.39. The summed E-state index contributed by atoms with van der Waals surface area (Å²) in [4.78, 5) is 19.2. The Morgan fingerprint density at radius 2 is 2.19 bits per heavy atom. The van der Waals surface area contributed by atoms with Gasteiger partial charge in [-0.2, -0.15) is 0 Å². The van der Waals surface area contributed by atoms with Crippen molar-refractivity contribution in [2.45, 2.75) is 50.0 Å². The van der Waals surface area contributed by atoms with E-state index in [9.17, 15) is 4.79 Å². The van der Waals surface area contributed by atoms with E-state index in [0.717, 1.165) is 55.7 Å². The number of carbonyl (C=O) groups is 1. The van der Waals surface area contributed by atoms with Crippen molar-refractivity contribution >= 4 is 39.5 Å². The number of hydrogen-bond donors (Lipinski definition) is 1. The zero-order chi connectivity index (χ0) is 22.2. The molecule has 2 bridgehead atoms. The number of esters is 1. The number of alkyl halides is 1. The summed E-state index contributed by atoms with van der Waals surface area (Å²) in [5.74, 6) is 7.36. The second-order valence-electron chi connectivity index (χ2n) is 9.24. The number of carbonyl (C=O) groups excluding carboxylic acids is 1. The van der Waals surface area contributed by atoms with Gasteiger partial charge in [-0.15, -0.1) is 0 Å². The van der Waals surface area contributed by atoms with Crippen molar-refractivity contribution in [2.24, 2.45) is 11.8 Å². The molecule has 0 spiro atoms. The number of nitrogens with one attached hydrogen (secondary N) is 1. The molecule has 4 nitrogen and oxygen atoms in total. The molecule has 0 amide bonds. The fourth-order valence-corrected chi connectivity index (χ4v) is 6.06. The van der Waals surface area contributed by atoms with Crippen LogP contribution in [0, 0.1) is 23.7 Å². The topological polar surface area (TPSA) is 45.3 Å². The normalized spacial score (nSPS) is 25.2. The van der Waals surface area contributed by atoms with Crippen LogP contribution >= 0.6 is 22.6 Å². The lowest BCUT2D eigenvalue weighted by atomic mass is 9.84. The first-order chi connectivity index (χ1) is 14.8. The maximum Gasteiger partial charge on any atom is 0.327 e. The van der Waals surface area contributed by atoms with E-state index >= 15 is 0 Å². The molecule has 0 saturated carbocycles. The number of hydrogen-bond acceptors (Lipinski definition) is 3. The maximum absolute atomic E-state index is 13.1. The lowest BCUT2D eigenvalue weighted by Crippen LogP contribution is -2.43. The van der Waals surface area contributed by atoms with Crippen LogP contribution in [0.15, 0.2) is 29.8 Å². The Morgan fingerprint density at radius 1 is 1.39 bits per heavy atom. The molecule has 1 unspecified atom stereocenters. The Labute approximate surface area is 198 Å². The van der Waals surface area contributed by atoms with Crippen LogP contribution in [0.3, 0.4) is 0 Å². The zero-order valence-corrected chi connectivity index (χ0v) is 21.0. The van der Waals surface area contributed by atoms with E-state index in [2.05, 4.69) is 89.4 Å². The van der Waals surface area contributed by atoms with E-state index in [1.165, 1.54) is 23.6 Å². The molecule has 164 valence electrons. The first-order valence-corrected chi connectivity index (χ1v) is 12.2. The minimum atomic E-state index is -0.728. The maximum atomic E-state index is 13.1. The second-order valence-corrected chi connectivity index (χ2v) is 11.1. The molecular weight excluding hydrogens is 499 g/mol. The number of nitrogens with zero attached hydrogens (tertiary/aromatic N) is 1. The molecule has 31 heavy (non-hydrogen) atoms. The van der Waals surface area contributed by atoms with Gasteiger partial charge < -0.3 is 9.72 Å². The molecule has 1 N–H and O–H groups in total. The molecule has 0 saturated heterocycles. The molecule has 2 aliphatic heterocycles. The van der Waals surface area contributed by atoms with Gasteiger partial charge in [0.2, 0.25) is 0 Å². The van der Waals surface area contributed by atoms with Gasteiger partial charge in [0.25, 0.3) is 0 Å². The molecule has 4 rings (SSSR count). The molecule has 2 aromatic rings. The fraction of sp³-hybridized carbons (Fsp3) is 0.500. The van der Waals surface area contributed by atoms with Gasteiger partial charge in [0.1, 0.15) is 0 Å². The number of aromatic nitrogens is 1. The quantitative estimate of drug-likeness (QED) is 0.186. The van der Waals surface area contributed by atoms with Crippen molar-refractivity contribution in [3.05, 3.63) is 46.7 Å². The fourth-order valence-electron chi connectivity index (χ4n) is 4.82. The highest BCUT2D eigenvalue weighted by molar-refractivity contribution is 14.1. The molecule has 1 aromatic carbocycles. The summed E-state index contributed by atoms with van der Waals surface area (Å²) < 4.78 is 4.58. The number of fused-ring (bicyclic) bond motifs is 5. The van der Waals surface area contributed by atoms with E-state index in [1.807, 2.05) is 0 Å². The Hall–Kier alpha value is -1.78. The summed E-state index contributed by atoms with van der Waals surface area (Å²) in [6.07, 6.45) is 5.07. The van der Waals surface area contributed by atoms with Gasteiger partial charge in [0.15, 0.2) is 3.42 Å².